The van der Waals surface area contributed by atoms with Crippen molar-refractivity contribution in [1.29, 1.82) is 0 Å². The zero-order chi connectivity index (χ0) is 14.9. The third kappa shape index (κ3) is 16.2. The maximum atomic E-state index is 11.4. The number of rotatable bonds is 15. The molecule has 0 aromatic heterocycles. The Hall–Kier alpha value is 0.160. The first-order chi connectivity index (χ1) is 9.81. The molecule has 0 saturated carbocycles. The lowest BCUT2D eigenvalue weighted by Gasteiger charge is -2.06. The molecule has 120 valence electrons. The van der Waals surface area contributed by atoms with E-state index in [0.717, 1.165) is 25.9 Å². The van der Waals surface area contributed by atoms with E-state index in [4.69, 9.17) is 9.47 Å². The highest BCUT2D eigenvalue weighted by molar-refractivity contribution is 14.1. The molecule has 0 aromatic rings. The fraction of sp³-hybridized carbons (Fsp3) is 0.938. The Morgan fingerprint density at radius 1 is 0.850 bits per heavy atom. The molecule has 0 bridgehead atoms. The molecule has 0 unspecified atom stereocenters. The molecule has 0 aliphatic heterocycles. The molecule has 0 radical (unpaired) electrons. The predicted octanol–water partition coefficient (Wildman–Crippen LogP) is 4.90. The lowest BCUT2D eigenvalue weighted by atomic mass is 10.1. The molecule has 20 heavy (non-hydrogen) atoms. The first-order valence-electron chi connectivity index (χ1n) is 8.10. The number of carbonyl (C=O) groups excluding carboxylic acids is 1. The molecule has 0 fully saturated rings. The first-order valence-corrected chi connectivity index (χ1v) is 9.63. The van der Waals surface area contributed by atoms with E-state index in [-0.39, 0.29) is 5.97 Å². The van der Waals surface area contributed by atoms with Gasteiger partial charge in [-0.3, -0.25) is 4.79 Å². The lowest BCUT2D eigenvalue weighted by molar-refractivity contribution is -0.145. The van der Waals surface area contributed by atoms with Crippen LogP contribution in [0.2, 0.25) is 0 Å². The number of halogens is 1. The topological polar surface area (TPSA) is 35.5 Å². The van der Waals surface area contributed by atoms with Crippen LogP contribution in [0.4, 0.5) is 0 Å². The first kappa shape index (κ1) is 20.2. The van der Waals surface area contributed by atoms with Crippen molar-refractivity contribution in [3.63, 3.8) is 0 Å². The molecule has 0 saturated heterocycles. The number of unbranched alkanes of at least 4 members (excludes halogenated alkanes) is 7. The van der Waals surface area contributed by atoms with Crippen molar-refractivity contribution in [2.24, 2.45) is 0 Å². The average molecular weight is 398 g/mol. The largest absolute Gasteiger partial charge is 0.463 e. The summed E-state index contributed by atoms with van der Waals surface area (Å²) in [6.07, 6.45) is 11.3. The van der Waals surface area contributed by atoms with Crippen LogP contribution in [-0.2, 0) is 14.3 Å². The molecule has 0 aromatic carbocycles. The van der Waals surface area contributed by atoms with Crippen molar-refractivity contribution in [2.45, 2.75) is 71.1 Å². The maximum absolute atomic E-state index is 11.4. The number of alkyl halides is 1. The van der Waals surface area contributed by atoms with Crippen molar-refractivity contribution in [3.8, 4) is 0 Å². The number of ether oxygens (including phenoxy) is 2. The van der Waals surface area contributed by atoms with Crippen molar-refractivity contribution >= 4 is 28.6 Å². The molecule has 4 heteroatoms. The standard InChI is InChI=1S/C16H31IO3/c1-2-3-4-5-8-11-16(18)20-15-14-19-13-10-7-6-9-12-17/h2-15H2,1H3. The molecule has 0 amide bonds. The van der Waals surface area contributed by atoms with E-state index in [9.17, 15) is 4.79 Å². The molecule has 3 nitrogen and oxygen atoms in total. The Morgan fingerprint density at radius 2 is 1.55 bits per heavy atom. The molecule has 0 rings (SSSR count). The minimum absolute atomic E-state index is 0.0767. The second kappa shape index (κ2) is 17.2. The number of hydrogen-bond acceptors (Lipinski definition) is 3. The van der Waals surface area contributed by atoms with E-state index >= 15 is 0 Å². The maximum Gasteiger partial charge on any atom is 0.305 e. The van der Waals surface area contributed by atoms with Gasteiger partial charge in [-0.1, -0.05) is 68.0 Å². The predicted molar refractivity (Wildman–Crippen MR) is 92.5 cm³/mol. The van der Waals surface area contributed by atoms with Crippen LogP contribution < -0.4 is 0 Å². The van der Waals surface area contributed by atoms with Crippen molar-refractivity contribution in [2.75, 3.05) is 24.2 Å². The second-order valence-corrected chi connectivity index (χ2v) is 6.18. The molecule has 0 N–H and O–H groups in total. The van der Waals surface area contributed by atoms with Gasteiger partial charge in [-0.15, -0.1) is 0 Å². The van der Waals surface area contributed by atoms with Crippen LogP contribution in [0.15, 0.2) is 0 Å². The van der Waals surface area contributed by atoms with Gasteiger partial charge < -0.3 is 9.47 Å². The van der Waals surface area contributed by atoms with Gasteiger partial charge in [0.2, 0.25) is 0 Å². The molecular weight excluding hydrogens is 367 g/mol. The Kier molecular flexibility index (Phi) is 17.3. The summed E-state index contributed by atoms with van der Waals surface area (Å²) in [7, 11) is 0. The van der Waals surface area contributed by atoms with Crippen molar-refractivity contribution in [3.05, 3.63) is 0 Å². The lowest BCUT2D eigenvalue weighted by Crippen LogP contribution is -2.10. The third-order valence-electron chi connectivity index (χ3n) is 3.15. The summed E-state index contributed by atoms with van der Waals surface area (Å²) in [5, 5.41) is 0. The van der Waals surface area contributed by atoms with Gasteiger partial charge in [0, 0.05) is 13.0 Å². The zero-order valence-corrected chi connectivity index (χ0v) is 15.2. The van der Waals surface area contributed by atoms with Crippen LogP contribution in [0.5, 0.6) is 0 Å². The minimum atomic E-state index is -0.0767. The van der Waals surface area contributed by atoms with Gasteiger partial charge in [-0.05, 0) is 23.7 Å². The molecule has 0 spiro atoms. The Morgan fingerprint density at radius 3 is 2.30 bits per heavy atom. The van der Waals surface area contributed by atoms with Crippen LogP contribution in [0, 0.1) is 0 Å². The van der Waals surface area contributed by atoms with Gasteiger partial charge in [0.15, 0.2) is 0 Å². The van der Waals surface area contributed by atoms with Crippen LogP contribution in [0.3, 0.4) is 0 Å². The van der Waals surface area contributed by atoms with Gasteiger partial charge in [-0.25, -0.2) is 0 Å². The summed E-state index contributed by atoms with van der Waals surface area (Å²) in [6.45, 7) is 3.92. The highest BCUT2D eigenvalue weighted by Gasteiger charge is 2.02. The van der Waals surface area contributed by atoms with E-state index in [1.807, 2.05) is 0 Å². The molecule has 0 atom stereocenters. The fourth-order valence-electron chi connectivity index (χ4n) is 1.91. The van der Waals surface area contributed by atoms with Crippen molar-refractivity contribution in [1.82, 2.24) is 0 Å². The number of carbonyl (C=O) groups is 1. The summed E-state index contributed by atoms with van der Waals surface area (Å²) in [6, 6.07) is 0. The van der Waals surface area contributed by atoms with Crippen LogP contribution in [0.1, 0.15) is 71.1 Å². The molecule has 0 aliphatic rings. The van der Waals surface area contributed by atoms with Gasteiger partial charge >= 0.3 is 5.97 Å². The Balaban J connectivity index is 3.11. The highest BCUT2D eigenvalue weighted by Crippen LogP contribution is 2.05. The van der Waals surface area contributed by atoms with E-state index in [1.54, 1.807) is 0 Å². The minimum Gasteiger partial charge on any atom is -0.463 e. The van der Waals surface area contributed by atoms with Gasteiger partial charge in [-0.2, -0.15) is 0 Å². The van der Waals surface area contributed by atoms with Gasteiger partial charge in [0.1, 0.15) is 6.61 Å². The average Bonchev–Trinajstić information content (AvgIpc) is 2.45. The molecule has 0 aliphatic carbocycles. The Bertz CT molecular complexity index is 210. The van der Waals surface area contributed by atoms with Gasteiger partial charge in [0.05, 0.1) is 6.61 Å². The van der Waals surface area contributed by atoms with E-state index in [2.05, 4.69) is 29.5 Å². The van der Waals surface area contributed by atoms with Crippen LogP contribution in [-0.4, -0.2) is 30.2 Å². The summed E-state index contributed by atoms with van der Waals surface area (Å²) in [5.41, 5.74) is 0. The second-order valence-electron chi connectivity index (χ2n) is 5.10. The normalized spacial score (nSPS) is 10.7. The SMILES string of the molecule is CCCCCCCC(=O)OCCOCCCCCCI. The molecular formula is C16H31IO3. The monoisotopic (exact) mass is 398 g/mol. The Labute approximate surface area is 138 Å². The summed E-state index contributed by atoms with van der Waals surface area (Å²) >= 11 is 2.41. The summed E-state index contributed by atoms with van der Waals surface area (Å²) in [4.78, 5) is 11.4. The zero-order valence-electron chi connectivity index (χ0n) is 13.0. The van der Waals surface area contributed by atoms with Crippen LogP contribution >= 0.6 is 22.6 Å². The smallest absolute Gasteiger partial charge is 0.305 e. The third-order valence-corrected chi connectivity index (χ3v) is 3.91. The summed E-state index contributed by atoms with van der Waals surface area (Å²) < 4.78 is 11.8. The highest BCUT2D eigenvalue weighted by atomic mass is 127. The summed E-state index contributed by atoms with van der Waals surface area (Å²) in [5.74, 6) is -0.0767. The number of hydrogen-bond donors (Lipinski definition) is 0. The van der Waals surface area contributed by atoms with E-state index < -0.39 is 0 Å². The van der Waals surface area contributed by atoms with Crippen molar-refractivity contribution < 1.29 is 14.3 Å². The van der Waals surface area contributed by atoms with Gasteiger partial charge in [0.25, 0.3) is 0 Å². The van der Waals surface area contributed by atoms with E-state index in [1.165, 1.54) is 43.0 Å². The van der Waals surface area contributed by atoms with E-state index in [0.29, 0.717) is 19.6 Å². The van der Waals surface area contributed by atoms with Crippen LogP contribution in [0.25, 0.3) is 0 Å². The molecule has 0 heterocycles. The number of esters is 1. The quantitative estimate of drug-likeness (QED) is 0.170. The fourth-order valence-corrected chi connectivity index (χ4v) is 2.45.